The summed E-state index contributed by atoms with van der Waals surface area (Å²) < 4.78 is 0. The number of hydrogen-bond donors (Lipinski definition) is 3. The summed E-state index contributed by atoms with van der Waals surface area (Å²) in [5, 5.41) is 16.5. The van der Waals surface area contributed by atoms with E-state index in [4.69, 9.17) is 0 Å². The molecule has 1 amide bonds. The average molecular weight is 270 g/mol. The Balaban J connectivity index is 2.24. The Kier molecular flexibility index (Phi) is 6.27. The van der Waals surface area contributed by atoms with Gasteiger partial charge in [-0.05, 0) is 31.6 Å². The van der Waals surface area contributed by atoms with Crippen LogP contribution in [0.5, 0.6) is 0 Å². The molecule has 0 spiro atoms. The van der Waals surface area contributed by atoms with Crippen LogP contribution in [-0.2, 0) is 4.79 Å². The third kappa shape index (κ3) is 5.91. The monoisotopic (exact) mass is 270 g/mol. The number of rotatable bonds is 6. The molecule has 19 heavy (non-hydrogen) atoms. The van der Waals surface area contributed by atoms with E-state index in [1.54, 1.807) is 0 Å². The molecule has 3 atom stereocenters. The minimum Gasteiger partial charge on any atom is -0.389 e. The van der Waals surface area contributed by atoms with Crippen molar-refractivity contribution in [1.29, 1.82) is 0 Å². The van der Waals surface area contributed by atoms with Crippen LogP contribution in [0, 0.1) is 11.8 Å². The zero-order valence-electron chi connectivity index (χ0n) is 12.8. The molecule has 1 fully saturated rings. The molecule has 0 bridgehead atoms. The quantitative estimate of drug-likeness (QED) is 0.688. The molecule has 3 unspecified atom stereocenters. The highest BCUT2D eigenvalue weighted by Crippen LogP contribution is 2.31. The molecule has 4 heteroatoms. The topological polar surface area (TPSA) is 61.4 Å². The molecule has 0 saturated heterocycles. The van der Waals surface area contributed by atoms with E-state index in [0.717, 1.165) is 19.3 Å². The van der Waals surface area contributed by atoms with E-state index in [0.29, 0.717) is 18.4 Å². The fraction of sp³-hybridized carbons (Fsp3) is 0.933. The lowest BCUT2D eigenvalue weighted by Gasteiger charge is -2.35. The molecular formula is C15H30N2O2. The molecule has 1 aliphatic rings. The van der Waals surface area contributed by atoms with Crippen molar-refractivity contribution >= 4 is 5.91 Å². The van der Waals surface area contributed by atoms with Crippen molar-refractivity contribution in [2.75, 3.05) is 13.1 Å². The average Bonchev–Trinajstić information content (AvgIpc) is 2.27. The maximum atomic E-state index is 11.7. The van der Waals surface area contributed by atoms with Crippen LogP contribution in [0.25, 0.3) is 0 Å². The summed E-state index contributed by atoms with van der Waals surface area (Å²) in [4.78, 5) is 11.7. The van der Waals surface area contributed by atoms with Crippen molar-refractivity contribution in [3.8, 4) is 0 Å². The number of amides is 1. The Morgan fingerprint density at radius 3 is 2.68 bits per heavy atom. The number of carbonyl (C=O) groups is 1. The van der Waals surface area contributed by atoms with Gasteiger partial charge in [-0.3, -0.25) is 4.79 Å². The Morgan fingerprint density at radius 2 is 2.11 bits per heavy atom. The summed E-state index contributed by atoms with van der Waals surface area (Å²) in [6.45, 7) is 9.17. The maximum Gasteiger partial charge on any atom is 0.234 e. The maximum absolute atomic E-state index is 11.7. The van der Waals surface area contributed by atoms with Gasteiger partial charge in [0.1, 0.15) is 0 Å². The molecule has 0 radical (unpaired) electrons. The first-order valence-electron chi connectivity index (χ1n) is 7.55. The fourth-order valence-electron chi connectivity index (χ4n) is 2.67. The Bertz CT molecular complexity index is 294. The third-order valence-electron chi connectivity index (χ3n) is 4.20. The molecule has 0 aromatic heterocycles. The van der Waals surface area contributed by atoms with Crippen LogP contribution in [-0.4, -0.2) is 35.7 Å². The largest absolute Gasteiger partial charge is 0.389 e. The van der Waals surface area contributed by atoms with E-state index in [2.05, 4.69) is 31.4 Å². The van der Waals surface area contributed by atoms with Gasteiger partial charge in [0.05, 0.1) is 12.1 Å². The van der Waals surface area contributed by atoms with Gasteiger partial charge >= 0.3 is 0 Å². The van der Waals surface area contributed by atoms with Crippen LogP contribution in [0.2, 0.25) is 0 Å². The first-order chi connectivity index (χ1) is 8.82. The molecule has 4 nitrogen and oxygen atoms in total. The van der Waals surface area contributed by atoms with Crippen molar-refractivity contribution in [3.05, 3.63) is 0 Å². The van der Waals surface area contributed by atoms with Gasteiger partial charge in [0.2, 0.25) is 5.91 Å². The van der Waals surface area contributed by atoms with Gasteiger partial charge < -0.3 is 15.7 Å². The molecule has 0 heterocycles. The number of carbonyl (C=O) groups excluding carboxylic acids is 1. The van der Waals surface area contributed by atoms with Gasteiger partial charge in [-0.2, -0.15) is 0 Å². The summed E-state index contributed by atoms with van der Waals surface area (Å²) in [7, 11) is 0. The Hall–Kier alpha value is -0.610. The van der Waals surface area contributed by atoms with Gasteiger partial charge in [0, 0.05) is 12.6 Å². The van der Waals surface area contributed by atoms with Gasteiger partial charge in [-0.25, -0.2) is 0 Å². The first kappa shape index (κ1) is 16.4. The van der Waals surface area contributed by atoms with Crippen molar-refractivity contribution in [2.45, 2.75) is 65.0 Å². The van der Waals surface area contributed by atoms with Crippen LogP contribution in [0.4, 0.5) is 0 Å². The predicted octanol–water partition coefficient (Wildman–Crippen LogP) is 1.68. The minimum absolute atomic E-state index is 0.00802. The van der Waals surface area contributed by atoms with E-state index in [-0.39, 0.29) is 18.5 Å². The van der Waals surface area contributed by atoms with Crippen LogP contribution in [0.15, 0.2) is 0 Å². The third-order valence-corrected chi connectivity index (χ3v) is 4.20. The van der Waals surface area contributed by atoms with E-state index >= 15 is 0 Å². The van der Waals surface area contributed by atoms with Gasteiger partial charge in [-0.1, -0.05) is 33.6 Å². The highest BCUT2D eigenvalue weighted by molar-refractivity contribution is 5.78. The second kappa shape index (κ2) is 7.25. The number of nitrogens with one attached hydrogen (secondary N) is 2. The summed E-state index contributed by atoms with van der Waals surface area (Å²) in [5.74, 6) is 1.02. The van der Waals surface area contributed by atoms with Crippen molar-refractivity contribution < 1.29 is 9.90 Å². The normalized spacial score (nSPS) is 29.3. The summed E-state index contributed by atoms with van der Waals surface area (Å²) >= 11 is 0. The standard InChI is InChI=1S/C15H30N2O2/c1-11(2)13(4)17-14(18)9-16-10-15(19)7-5-6-12(3)8-15/h11-13,16,19H,5-10H2,1-4H3,(H,17,18). The smallest absolute Gasteiger partial charge is 0.234 e. The summed E-state index contributed by atoms with van der Waals surface area (Å²) in [6, 6.07) is 0.187. The van der Waals surface area contributed by atoms with Crippen LogP contribution in [0.3, 0.4) is 0 Å². The zero-order valence-corrected chi connectivity index (χ0v) is 12.8. The lowest BCUT2D eigenvalue weighted by atomic mass is 9.79. The molecule has 1 rings (SSSR count). The molecule has 0 aromatic carbocycles. The van der Waals surface area contributed by atoms with Gasteiger partial charge in [-0.15, -0.1) is 0 Å². The van der Waals surface area contributed by atoms with Crippen LogP contribution < -0.4 is 10.6 Å². The van der Waals surface area contributed by atoms with Gasteiger partial charge in [0.15, 0.2) is 0 Å². The summed E-state index contributed by atoms with van der Waals surface area (Å²) in [5.41, 5.74) is -0.623. The molecule has 1 saturated carbocycles. The van der Waals surface area contributed by atoms with E-state index in [9.17, 15) is 9.90 Å². The Labute approximate surface area is 117 Å². The molecule has 0 aliphatic heterocycles. The van der Waals surface area contributed by atoms with E-state index < -0.39 is 5.60 Å². The molecule has 1 aliphatic carbocycles. The van der Waals surface area contributed by atoms with Crippen molar-refractivity contribution in [3.63, 3.8) is 0 Å². The van der Waals surface area contributed by atoms with Crippen LogP contribution >= 0.6 is 0 Å². The predicted molar refractivity (Wildman–Crippen MR) is 77.9 cm³/mol. The molecular weight excluding hydrogens is 240 g/mol. The molecule has 3 N–H and O–H groups in total. The van der Waals surface area contributed by atoms with Crippen molar-refractivity contribution in [2.24, 2.45) is 11.8 Å². The lowest BCUT2D eigenvalue weighted by Crippen LogP contribution is -2.48. The van der Waals surface area contributed by atoms with Crippen LogP contribution in [0.1, 0.15) is 53.4 Å². The summed E-state index contributed by atoms with van der Waals surface area (Å²) in [6.07, 6.45) is 3.96. The minimum atomic E-state index is -0.623. The molecule has 0 aromatic rings. The molecule has 112 valence electrons. The van der Waals surface area contributed by atoms with Crippen molar-refractivity contribution in [1.82, 2.24) is 10.6 Å². The fourth-order valence-corrected chi connectivity index (χ4v) is 2.67. The Morgan fingerprint density at radius 1 is 1.42 bits per heavy atom. The van der Waals surface area contributed by atoms with Gasteiger partial charge in [0.25, 0.3) is 0 Å². The second-order valence-corrected chi connectivity index (χ2v) is 6.63. The number of hydrogen-bond acceptors (Lipinski definition) is 3. The second-order valence-electron chi connectivity index (χ2n) is 6.63. The zero-order chi connectivity index (χ0) is 14.5. The highest BCUT2D eigenvalue weighted by atomic mass is 16.3. The SMILES string of the molecule is CC1CCCC(O)(CNCC(=O)NC(C)C(C)C)C1. The lowest BCUT2D eigenvalue weighted by molar-refractivity contribution is -0.121. The highest BCUT2D eigenvalue weighted by Gasteiger charge is 2.32. The van der Waals surface area contributed by atoms with E-state index in [1.165, 1.54) is 6.42 Å². The number of aliphatic hydroxyl groups is 1. The van der Waals surface area contributed by atoms with E-state index in [1.807, 2.05) is 6.92 Å². The first-order valence-corrected chi connectivity index (χ1v) is 7.55.